The Morgan fingerprint density at radius 2 is 1.90 bits per heavy atom. The molecule has 1 amide bonds. The molecule has 3 nitrogen and oxygen atoms in total. The fourth-order valence-corrected chi connectivity index (χ4v) is 2.18. The lowest BCUT2D eigenvalue weighted by Gasteiger charge is -2.19. The molecule has 0 aromatic heterocycles. The van der Waals surface area contributed by atoms with E-state index >= 15 is 0 Å². The lowest BCUT2D eigenvalue weighted by atomic mass is 10.1. The maximum Gasteiger partial charge on any atom is 0.259 e. The molecule has 0 aliphatic heterocycles. The minimum Gasteiger partial charge on any atom is -0.310 e. The number of benzene rings is 2. The monoisotopic (exact) mass is 304 g/mol. The van der Waals surface area contributed by atoms with E-state index in [2.05, 4.69) is 6.07 Å². The third-order valence-corrected chi connectivity index (χ3v) is 3.41. The number of anilines is 1. The third-order valence-electron chi connectivity index (χ3n) is 2.85. The van der Waals surface area contributed by atoms with E-state index < -0.39 is 0 Å². The summed E-state index contributed by atoms with van der Waals surface area (Å²) in [6, 6.07) is 13.6. The van der Waals surface area contributed by atoms with Crippen LogP contribution in [0.15, 0.2) is 42.5 Å². The van der Waals surface area contributed by atoms with Gasteiger partial charge in [-0.05, 0) is 30.3 Å². The van der Waals surface area contributed by atoms with E-state index in [1.165, 1.54) is 11.0 Å². The van der Waals surface area contributed by atoms with E-state index in [4.69, 9.17) is 28.5 Å². The Kier molecular flexibility index (Phi) is 4.29. The molecule has 0 fully saturated rings. The van der Waals surface area contributed by atoms with Gasteiger partial charge in [0.2, 0.25) is 0 Å². The van der Waals surface area contributed by atoms with Gasteiger partial charge >= 0.3 is 0 Å². The standard InChI is InChI=1S/C15H10Cl2N2O/c1-19(14-5-3-2-4-10(14)9-18)15(20)12-8-11(16)6-7-13(12)17/h2-8H,1H3. The molecular weight excluding hydrogens is 295 g/mol. The van der Waals surface area contributed by atoms with Gasteiger partial charge in [-0.1, -0.05) is 35.3 Å². The van der Waals surface area contributed by atoms with Gasteiger partial charge in [0.05, 0.1) is 21.8 Å². The van der Waals surface area contributed by atoms with E-state index in [1.807, 2.05) is 0 Å². The number of rotatable bonds is 2. The smallest absolute Gasteiger partial charge is 0.259 e. The topological polar surface area (TPSA) is 44.1 Å². The van der Waals surface area contributed by atoms with Crippen LogP contribution in [-0.4, -0.2) is 13.0 Å². The van der Waals surface area contributed by atoms with Crippen LogP contribution < -0.4 is 4.90 Å². The summed E-state index contributed by atoms with van der Waals surface area (Å²) in [6.45, 7) is 0. The number of carbonyl (C=O) groups is 1. The van der Waals surface area contributed by atoms with Crippen molar-refractivity contribution in [2.24, 2.45) is 0 Å². The van der Waals surface area contributed by atoms with Gasteiger partial charge in [0.1, 0.15) is 6.07 Å². The Balaban J connectivity index is 2.43. The normalized spacial score (nSPS) is 9.90. The first-order valence-electron chi connectivity index (χ1n) is 5.77. The van der Waals surface area contributed by atoms with Crippen LogP contribution in [-0.2, 0) is 0 Å². The summed E-state index contributed by atoms with van der Waals surface area (Å²) >= 11 is 11.9. The van der Waals surface area contributed by atoms with Crippen LogP contribution in [0.25, 0.3) is 0 Å². The Labute approximate surface area is 127 Å². The second-order valence-electron chi connectivity index (χ2n) is 4.12. The van der Waals surface area contributed by atoms with E-state index in [1.54, 1.807) is 43.4 Å². The molecule has 0 N–H and O–H groups in total. The maximum absolute atomic E-state index is 12.5. The first-order valence-corrected chi connectivity index (χ1v) is 6.52. The van der Waals surface area contributed by atoms with Crippen molar-refractivity contribution >= 4 is 34.8 Å². The van der Waals surface area contributed by atoms with Crippen LogP contribution in [0.2, 0.25) is 10.0 Å². The van der Waals surface area contributed by atoms with Crippen molar-refractivity contribution in [1.82, 2.24) is 0 Å². The van der Waals surface area contributed by atoms with Crippen LogP contribution in [0.5, 0.6) is 0 Å². The number of amides is 1. The summed E-state index contributed by atoms with van der Waals surface area (Å²) in [6.07, 6.45) is 0. The zero-order valence-corrected chi connectivity index (χ0v) is 12.1. The summed E-state index contributed by atoms with van der Waals surface area (Å²) in [5.41, 5.74) is 1.24. The maximum atomic E-state index is 12.5. The van der Waals surface area contributed by atoms with E-state index in [0.717, 1.165) is 0 Å². The highest BCUT2D eigenvalue weighted by atomic mass is 35.5. The van der Waals surface area contributed by atoms with Crippen LogP contribution in [0.3, 0.4) is 0 Å². The van der Waals surface area contributed by atoms with E-state index in [9.17, 15) is 4.79 Å². The molecule has 2 rings (SSSR count). The predicted octanol–water partition coefficient (Wildman–Crippen LogP) is 4.14. The molecule has 2 aromatic rings. The highest BCUT2D eigenvalue weighted by Crippen LogP contribution is 2.25. The fraction of sp³-hybridized carbons (Fsp3) is 0.0667. The molecule has 0 saturated heterocycles. The van der Waals surface area contributed by atoms with Crippen molar-refractivity contribution in [3.05, 3.63) is 63.6 Å². The lowest BCUT2D eigenvalue weighted by molar-refractivity contribution is 0.0993. The summed E-state index contributed by atoms with van der Waals surface area (Å²) in [4.78, 5) is 13.8. The quantitative estimate of drug-likeness (QED) is 0.837. The number of carbonyl (C=O) groups excluding carboxylic acids is 1. The van der Waals surface area contributed by atoms with Gasteiger partial charge in [-0.15, -0.1) is 0 Å². The average molecular weight is 305 g/mol. The van der Waals surface area contributed by atoms with Crippen LogP contribution >= 0.6 is 23.2 Å². The average Bonchev–Trinajstić information content (AvgIpc) is 2.48. The van der Waals surface area contributed by atoms with Crippen LogP contribution in [0, 0.1) is 11.3 Å². The number of halogens is 2. The Morgan fingerprint density at radius 3 is 2.60 bits per heavy atom. The van der Waals surface area contributed by atoms with Gasteiger partial charge in [0, 0.05) is 12.1 Å². The van der Waals surface area contributed by atoms with Crippen molar-refractivity contribution < 1.29 is 4.79 Å². The molecule has 0 unspecified atom stereocenters. The van der Waals surface area contributed by atoms with Gasteiger partial charge in [-0.2, -0.15) is 5.26 Å². The van der Waals surface area contributed by atoms with Crippen molar-refractivity contribution in [3.8, 4) is 6.07 Å². The summed E-state index contributed by atoms with van der Waals surface area (Å²) in [5, 5.41) is 9.83. The van der Waals surface area contributed by atoms with Crippen molar-refractivity contribution in [3.63, 3.8) is 0 Å². The highest BCUT2D eigenvalue weighted by Gasteiger charge is 2.18. The molecule has 0 saturated carbocycles. The summed E-state index contributed by atoms with van der Waals surface area (Å²) < 4.78 is 0. The molecule has 0 radical (unpaired) electrons. The first kappa shape index (κ1) is 14.4. The van der Waals surface area contributed by atoms with E-state index in [-0.39, 0.29) is 5.91 Å². The van der Waals surface area contributed by atoms with Gasteiger partial charge < -0.3 is 4.90 Å². The molecule has 0 bridgehead atoms. The number of para-hydroxylation sites is 1. The van der Waals surface area contributed by atoms with Crippen molar-refractivity contribution in [1.29, 1.82) is 5.26 Å². The molecule has 100 valence electrons. The van der Waals surface area contributed by atoms with Crippen molar-refractivity contribution in [2.75, 3.05) is 11.9 Å². The van der Waals surface area contributed by atoms with E-state index in [0.29, 0.717) is 26.9 Å². The second kappa shape index (κ2) is 5.96. The summed E-state index contributed by atoms with van der Waals surface area (Å²) in [5.74, 6) is -0.319. The van der Waals surface area contributed by atoms with Crippen molar-refractivity contribution in [2.45, 2.75) is 0 Å². The Morgan fingerprint density at radius 1 is 1.20 bits per heavy atom. The molecule has 0 aliphatic carbocycles. The van der Waals surface area contributed by atoms with Gasteiger partial charge in [0.15, 0.2) is 0 Å². The Bertz CT molecular complexity index is 707. The van der Waals surface area contributed by atoms with Gasteiger partial charge in [-0.3, -0.25) is 4.79 Å². The zero-order chi connectivity index (χ0) is 14.7. The molecule has 0 aliphatic rings. The molecule has 5 heteroatoms. The van der Waals surface area contributed by atoms with Crippen LogP contribution in [0.1, 0.15) is 15.9 Å². The lowest BCUT2D eigenvalue weighted by Crippen LogP contribution is -2.27. The number of nitriles is 1. The van der Waals surface area contributed by atoms with Crippen LogP contribution in [0.4, 0.5) is 5.69 Å². The summed E-state index contributed by atoms with van der Waals surface area (Å²) in [7, 11) is 1.59. The molecule has 0 spiro atoms. The molecular formula is C15H10Cl2N2O. The number of hydrogen-bond donors (Lipinski definition) is 0. The van der Waals surface area contributed by atoms with Gasteiger partial charge in [-0.25, -0.2) is 0 Å². The predicted molar refractivity (Wildman–Crippen MR) is 80.4 cm³/mol. The highest BCUT2D eigenvalue weighted by molar-refractivity contribution is 6.36. The minimum atomic E-state index is -0.319. The third kappa shape index (κ3) is 2.77. The zero-order valence-electron chi connectivity index (χ0n) is 10.6. The molecule has 2 aromatic carbocycles. The number of nitrogens with zero attached hydrogens (tertiary/aromatic N) is 2. The minimum absolute atomic E-state index is 0.300. The second-order valence-corrected chi connectivity index (χ2v) is 4.96. The largest absolute Gasteiger partial charge is 0.310 e. The Hall–Kier alpha value is -2.02. The first-order chi connectivity index (χ1) is 9.54. The number of hydrogen-bond acceptors (Lipinski definition) is 2. The molecule has 0 heterocycles. The molecule has 0 atom stereocenters. The van der Waals surface area contributed by atoms with Gasteiger partial charge in [0.25, 0.3) is 5.91 Å². The fourth-order valence-electron chi connectivity index (χ4n) is 1.81. The molecule has 20 heavy (non-hydrogen) atoms. The SMILES string of the molecule is CN(C(=O)c1cc(Cl)ccc1Cl)c1ccccc1C#N.